The molecule has 6 aliphatic rings. The van der Waals surface area contributed by atoms with Crippen molar-refractivity contribution >= 4 is 188 Å². The van der Waals surface area contributed by atoms with Crippen LogP contribution >= 0.6 is 188 Å². The van der Waals surface area contributed by atoms with Crippen LogP contribution in [0.4, 0.5) is 0 Å². The molecule has 244 valence electrons. The van der Waals surface area contributed by atoms with Gasteiger partial charge < -0.3 is 0 Å². The number of rotatable bonds is 22. The third-order valence-electron chi connectivity index (χ3n) is 6.60. The fraction of sp³-hybridized carbons (Fsp3) is 1.00. The van der Waals surface area contributed by atoms with Crippen molar-refractivity contribution in [2.45, 2.75) is 39.3 Å². The van der Waals surface area contributed by atoms with E-state index in [2.05, 4.69) is 188 Å². The van der Waals surface area contributed by atoms with E-state index in [4.69, 9.17) is 0 Å². The van der Waals surface area contributed by atoms with Crippen LogP contribution in [-0.4, -0.2) is 142 Å². The zero-order valence-electron chi connectivity index (χ0n) is 23.9. The van der Waals surface area contributed by atoms with E-state index in [1.54, 1.807) is 0 Å². The highest BCUT2D eigenvalue weighted by Gasteiger charge is 2.30. The maximum absolute atomic E-state index is 2.29. The number of hydrogen-bond acceptors (Lipinski definition) is 16. The van der Waals surface area contributed by atoms with Gasteiger partial charge in [-0.2, -0.15) is 94.1 Å². The quantitative estimate of drug-likeness (QED) is 0.0748. The van der Waals surface area contributed by atoms with Crippen LogP contribution in [0.15, 0.2) is 0 Å². The summed E-state index contributed by atoms with van der Waals surface area (Å²) in [4.78, 5) is 0. The topological polar surface area (TPSA) is 0 Å². The molecule has 0 N–H and O–H groups in total. The summed E-state index contributed by atoms with van der Waals surface area (Å²) in [6, 6.07) is 0. The Hall–Kier alpha value is 5.60. The summed E-state index contributed by atoms with van der Waals surface area (Å²) in [5.41, 5.74) is 0. The van der Waals surface area contributed by atoms with Crippen molar-refractivity contribution in [1.82, 2.24) is 0 Å². The van der Waals surface area contributed by atoms with Crippen LogP contribution in [0.3, 0.4) is 0 Å². The van der Waals surface area contributed by atoms with E-state index in [0.29, 0.717) is 0 Å². The molecule has 0 nitrogen and oxygen atoms in total. The van der Waals surface area contributed by atoms with Crippen molar-refractivity contribution in [3.05, 3.63) is 0 Å². The minimum absolute atomic E-state index is 0.789. The average molecular weight is 870 g/mol. The molecule has 16 heteroatoms. The Morgan fingerprint density at radius 1 is 0.381 bits per heavy atom. The summed E-state index contributed by atoms with van der Waals surface area (Å²) in [5, 5.41) is 8.37. The SMILES string of the molecule is C(CSC(SC1CSC1)SC1CSC1)SC(SC1CSC1)SC1CSC1.C(CSCSC1CSC1)SCSC1CSC1. The van der Waals surface area contributed by atoms with E-state index in [-0.39, 0.29) is 0 Å². The molecule has 6 heterocycles. The van der Waals surface area contributed by atoms with E-state index in [9.17, 15) is 0 Å². The molecule has 0 aromatic carbocycles. The highest BCUT2D eigenvalue weighted by Crippen LogP contribution is 2.48. The number of thioether (sulfide) groups is 16. The molecule has 42 heavy (non-hydrogen) atoms. The Labute approximate surface area is 325 Å². The molecule has 0 aromatic heterocycles. The lowest BCUT2D eigenvalue weighted by atomic mass is 10.5. The minimum Gasteiger partial charge on any atom is -0.160 e. The molecule has 6 saturated heterocycles. The first kappa shape index (κ1) is 38.8. The molecule has 0 spiro atoms. The smallest absolute Gasteiger partial charge is 0.0962 e. The standard InChI is InChI=1S/C16H26S10.C10H18S6/c1(21-15(23-11-3-17-4-11)24-12-5-18-6-12)2-22-16(25-13-7-19-8-13)26-14-9-20-10-14;1(11-7-15-9-3-13-4-9)2-12-8-16-10-5-14-6-10/h11-16H,1-10H2;9-10H,1-8H2. The zero-order chi connectivity index (χ0) is 28.7. The van der Waals surface area contributed by atoms with E-state index in [0.717, 1.165) is 39.3 Å². The Morgan fingerprint density at radius 3 is 0.905 bits per heavy atom. The maximum atomic E-state index is 2.29. The predicted molar refractivity (Wildman–Crippen MR) is 239 cm³/mol. The molecule has 0 amide bonds. The highest BCUT2D eigenvalue weighted by atomic mass is 32.3. The van der Waals surface area contributed by atoms with Crippen LogP contribution < -0.4 is 0 Å². The molecule has 6 fully saturated rings. The average Bonchev–Trinajstić information content (AvgIpc) is 2.83. The number of hydrogen-bond donors (Lipinski definition) is 0. The Bertz CT molecular complexity index is 606. The van der Waals surface area contributed by atoms with Crippen molar-refractivity contribution in [1.29, 1.82) is 0 Å². The van der Waals surface area contributed by atoms with Gasteiger partial charge >= 0.3 is 0 Å². The van der Waals surface area contributed by atoms with Gasteiger partial charge in [-0.05, 0) is 0 Å². The van der Waals surface area contributed by atoms with E-state index in [1.165, 1.54) is 102 Å². The molecule has 0 saturated carbocycles. The summed E-state index contributed by atoms with van der Waals surface area (Å²) in [7, 11) is 0. The molecule has 6 rings (SSSR count). The van der Waals surface area contributed by atoms with Gasteiger partial charge in [0.05, 0.1) is 7.83 Å². The van der Waals surface area contributed by atoms with Crippen molar-refractivity contribution in [2.24, 2.45) is 0 Å². The lowest BCUT2D eigenvalue weighted by Gasteiger charge is -2.33. The summed E-state index contributed by atoms with van der Waals surface area (Å²) in [6.07, 6.45) is 0. The lowest BCUT2D eigenvalue weighted by molar-refractivity contribution is 1.08. The first-order valence-electron chi connectivity index (χ1n) is 14.5. The molecule has 0 radical (unpaired) electrons. The van der Waals surface area contributed by atoms with Gasteiger partial charge in [0.1, 0.15) is 0 Å². The first-order valence-corrected chi connectivity index (χ1v) is 31.7. The molecule has 0 unspecified atom stereocenters. The monoisotopic (exact) mass is 868 g/mol. The van der Waals surface area contributed by atoms with Crippen molar-refractivity contribution in [3.8, 4) is 0 Å². The Morgan fingerprint density at radius 2 is 0.667 bits per heavy atom. The zero-order valence-corrected chi connectivity index (χ0v) is 36.9. The van der Waals surface area contributed by atoms with Gasteiger partial charge in [-0.3, -0.25) is 0 Å². The second kappa shape index (κ2) is 24.0. The van der Waals surface area contributed by atoms with Gasteiger partial charge in [0.2, 0.25) is 0 Å². The fourth-order valence-corrected chi connectivity index (χ4v) is 26.8. The van der Waals surface area contributed by atoms with E-state index >= 15 is 0 Å². The molecular formula is C26H44S16. The largest absolute Gasteiger partial charge is 0.160 e. The molecule has 6 aliphatic heterocycles. The molecule has 0 aliphatic carbocycles. The highest BCUT2D eigenvalue weighted by molar-refractivity contribution is 8.35. The van der Waals surface area contributed by atoms with Gasteiger partial charge in [0, 0.05) is 134 Å². The van der Waals surface area contributed by atoms with Gasteiger partial charge in [-0.25, -0.2) is 0 Å². The third kappa shape index (κ3) is 15.9. The van der Waals surface area contributed by atoms with Crippen LogP contribution in [-0.2, 0) is 0 Å². The second-order valence-corrected chi connectivity index (χ2v) is 32.0. The Balaban J connectivity index is 0.000000189. The predicted octanol–water partition coefficient (Wildman–Crippen LogP) is 10.5. The third-order valence-corrected chi connectivity index (χ3v) is 31.8. The summed E-state index contributed by atoms with van der Waals surface area (Å²) >= 11 is 34.9. The minimum atomic E-state index is 0.789. The van der Waals surface area contributed by atoms with Crippen molar-refractivity contribution < 1.29 is 0 Å². The van der Waals surface area contributed by atoms with Crippen LogP contribution in [0.1, 0.15) is 0 Å². The van der Waals surface area contributed by atoms with Gasteiger partial charge in [-0.1, -0.05) is 0 Å². The van der Waals surface area contributed by atoms with Crippen LogP contribution in [0.25, 0.3) is 0 Å². The van der Waals surface area contributed by atoms with Crippen LogP contribution in [0, 0.1) is 0 Å². The van der Waals surface area contributed by atoms with Crippen molar-refractivity contribution in [3.63, 3.8) is 0 Å². The Kier molecular flexibility index (Phi) is 22.1. The summed E-state index contributed by atoms with van der Waals surface area (Å²) in [6.45, 7) is 0. The molecular weight excluding hydrogens is 825 g/mol. The molecule has 0 bridgehead atoms. The van der Waals surface area contributed by atoms with Crippen LogP contribution in [0.2, 0.25) is 0 Å². The summed E-state index contributed by atoms with van der Waals surface area (Å²) in [5.74, 6) is 22.1. The summed E-state index contributed by atoms with van der Waals surface area (Å²) < 4.78 is 1.58. The first-order chi connectivity index (χ1) is 20.8. The van der Waals surface area contributed by atoms with Crippen molar-refractivity contribution in [2.75, 3.05) is 102 Å². The van der Waals surface area contributed by atoms with Gasteiger partial charge in [0.15, 0.2) is 0 Å². The normalized spacial score (nSPS) is 23.9. The van der Waals surface area contributed by atoms with Crippen LogP contribution in [0.5, 0.6) is 0 Å². The molecule has 0 atom stereocenters. The lowest BCUT2D eigenvalue weighted by Crippen LogP contribution is -2.27. The van der Waals surface area contributed by atoms with Gasteiger partial charge in [0.25, 0.3) is 0 Å². The second-order valence-electron chi connectivity index (χ2n) is 10.2. The maximum Gasteiger partial charge on any atom is 0.0962 e. The molecule has 0 aromatic rings. The van der Waals surface area contributed by atoms with Gasteiger partial charge in [-0.15, -0.1) is 94.1 Å². The fourth-order valence-electron chi connectivity index (χ4n) is 3.45. The van der Waals surface area contributed by atoms with E-state index in [1.807, 2.05) is 0 Å². The van der Waals surface area contributed by atoms with E-state index < -0.39 is 0 Å².